The lowest BCUT2D eigenvalue weighted by Gasteiger charge is -2.36. The Morgan fingerprint density at radius 3 is 2.18 bits per heavy atom. The first kappa shape index (κ1) is 29.2. The molecule has 9 nitrogen and oxygen atoms in total. The SMILES string of the molecule is O=C(O)C(F)(F)F.O=C(O)c1cc(NS(=O)(=O)c2ccccc2)ccc1N1CCCC(CN2CCCC2)C1. The molecule has 38 heavy (non-hydrogen) atoms. The van der Waals surface area contributed by atoms with Gasteiger partial charge in [0.15, 0.2) is 0 Å². The molecule has 208 valence electrons. The number of carbonyl (C=O) groups is 2. The zero-order chi connectivity index (χ0) is 27.9. The molecule has 2 saturated heterocycles. The van der Waals surface area contributed by atoms with Gasteiger partial charge in [0.05, 0.1) is 16.1 Å². The fourth-order valence-corrected chi connectivity index (χ4v) is 5.69. The number of anilines is 2. The van der Waals surface area contributed by atoms with Gasteiger partial charge in [-0.1, -0.05) is 18.2 Å². The van der Waals surface area contributed by atoms with Crippen molar-refractivity contribution >= 4 is 33.3 Å². The van der Waals surface area contributed by atoms with Gasteiger partial charge < -0.3 is 20.0 Å². The molecule has 0 radical (unpaired) electrons. The lowest BCUT2D eigenvalue weighted by atomic mass is 9.96. The average Bonchev–Trinajstić information content (AvgIpc) is 3.37. The van der Waals surface area contributed by atoms with E-state index < -0.39 is 28.1 Å². The van der Waals surface area contributed by atoms with Crippen molar-refractivity contribution in [2.45, 2.75) is 36.8 Å². The summed E-state index contributed by atoms with van der Waals surface area (Å²) in [5.74, 6) is -3.30. The topological polar surface area (TPSA) is 127 Å². The van der Waals surface area contributed by atoms with Crippen LogP contribution in [0.1, 0.15) is 36.0 Å². The van der Waals surface area contributed by atoms with E-state index in [4.69, 9.17) is 9.90 Å². The molecule has 0 bridgehead atoms. The fourth-order valence-electron chi connectivity index (χ4n) is 4.62. The summed E-state index contributed by atoms with van der Waals surface area (Å²) >= 11 is 0. The molecule has 0 spiro atoms. The Morgan fingerprint density at radius 2 is 1.61 bits per heavy atom. The summed E-state index contributed by atoms with van der Waals surface area (Å²) in [4.78, 5) is 25.7. The van der Waals surface area contributed by atoms with Gasteiger partial charge in [-0.15, -0.1) is 0 Å². The van der Waals surface area contributed by atoms with Crippen LogP contribution in [0.3, 0.4) is 0 Å². The van der Waals surface area contributed by atoms with Crippen molar-refractivity contribution in [3.05, 3.63) is 54.1 Å². The minimum absolute atomic E-state index is 0.120. The predicted octanol–water partition coefficient (Wildman–Crippen LogP) is 4.13. The summed E-state index contributed by atoms with van der Waals surface area (Å²) in [6.45, 7) is 5.02. The van der Waals surface area contributed by atoms with E-state index in [9.17, 15) is 31.5 Å². The fraction of sp³-hybridized carbons (Fsp3) is 0.440. The molecule has 1 unspecified atom stereocenters. The molecule has 0 aliphatic carbocycles. The van der Waals surface area contributed by atoms with Gasteiger partial charge in [0.1, 0.15) is 0 Å². The van der Waals surface area contributed by atoms with Gasteiger partial charge in [-0.05, 0) is 75.0 Å². The molecule has 1 atom stereocenters. The van der Waals surface area contributed by atoms with Gasteiger partial charge in [0.2, 0.25) is 0 Å². The number of nitrogens with zero attached hydrogens (tertiary/aromatic N) is 2. The lowest BCUT2D eigenvalue weighted by molar-refractivity contribution is -0.192. The predicted molar refractivity (Wildman–Crippen MR) is 135 cm³/mol. The van der Waals surface area contributed by atoms with Crippen molar-refractivity contribution in [1.82, 2.24) is 4.90 Å². The first-order valence-corrected chi connectivity index (χ1v) is 13.6. The number of carboxylic acid groups (broad SMARTS) is 2. The molecule has 2 aliphatic heterocycles. The van der Waals surface area contributed by atoms with Crippen molar-refractivity contribution in [3.63, 3.8) is 0 Å². The monoisotopic (exact) mass is 557 g/mol. The van der Waals surface area contributed by atoms with Crippen LogP contribution >= 0.6 is 0 Å². The van der Waals surface area contributed by atoms with E-state index in [2.05, 4.69) is 14.5 Å². The highest BCUT2D eigenvalue weighted by Crippen LogP contribution is 2.30. The number of rotatable bonds is 7. The van der Waals surface area contributed by atoms with Crippen LogP contribution in [0.2, 0.25) is 0 Å². The van der Waals surface area contributed by atoms with Gasteiger partial charge >= 0.3 is 18.1 Å². The van der Waals surface area contributed by atoms with Crippen LogP contribution in [-0.4, -0.2) is 74.4 Å². The molecule has 4 rings (SSSR count). The van der Waals surface area contributed by atoms with E-state index in [0.29, 0.717) is 11.6 Å². The van der Waals surface area contributed by atoms with E-state index in [0.717, 1.165) is 45.6 Å². The highest BCUT2D eigenvalue weighted by molar-refractivity contribution is 7.92. The van der Waals surface area contributed by atoms with Crippen molar-refractivity contribution in [2.24, 2.45) is 5.92 Å². The molecule has 2 aromatic carbocycles. The van der Waals surface area contributed by atoms with E-state index in [-0.39, 0.29) is 16.1 Å². The zero-order valence-electron chi connectivity index (χ0n) is 20.5. The molecule has 3 N–H and O–H groups in total. The van der Waals surface area contributed by atoms with Crippen LogP contribution in [0, 0.1) is 5.92 Å². The molecule has 2 aromatic rings. The quantitative estimate of drug-likeness (QED) is 0.464. The number of aromatic carboxylic acids is 1. The first-order valence-electron chi connectivity index (χ1n) is 12.1. The zero-order valence-corrected chi connectivity index (χ0v) is 21.3. The number of sulfonamides is 1. The van der Waals surface area contributed by atoms with Crippen molar-refractivity contribution in [1.29, 1.82) is 0 Å². The summed E-state index contributed by atoms with van der Waals surface area (Å²) in [5, 5.41) is 16.9. The maximum atomic E-state index is 12.6. The second kappa shape index (κ2) is 12.5. The number of hydrogen-bond acceptors (Lipinski definition) is 6. The molecule has 0 aromatic heterocycles. The number of alkyl halides is 3. The van der Waals surface area contributed by atoms with Crippen molar-refractivity contribution in [2.75, 3.05) is 42.3 Å². The van der Waals surface area contributed by atoms with Gasteiger partial charge in [0.25, 0.3) is 10.0 Å². The Hall–Kier alpha value is -3.32. The Kier molecular flexibility index (Phi) is 9.60. The largest absolute Gasteiger partial charge is 0.490 e. The first-order chi connectivity index (χ1) is 17.9. The Labute approximate surface area is 218 Å². The van der Waals surface area contributed by atoms with Crippen molar-refractivity contribution < 1.29 is 41.4 Å². The Balaban J connectivity index is 0.000000505. The number of nitrogens with one attached hydrogen (secondary N) is 1. The maximum absolute atomic E-state index is 12.6. The highest BCUT2D eigenvalue weighted by atomic mass is 32.2. The number of aliphatic carboxylic acids is 1. The van der Waals surface area contributed by atoms with Crippen LogP contribution in [0.4, 0.5) is 24.5 Å². The van der Waals surface area contributed by atoms with Gasteiger partial charge in [-0.3, -0.25) is 4.72 Å². The van der Waals surface area contributed by atoms with Crippen LogP contribution in [0.15, 0.2) is 53.4 Å². The molecule has 13 heteroatoms. The Bertz CT molecular complexity index is 1220. The Morgan fingerprint density at radius 1 is 0.974 bits per heavy atom. The third kappa shape index (κ3) is 8.09. The molecule has 2 heterocycles. The molecule has 2 fully saturated rings. The summed E-state index contributed by atoms with van der Waals surface area (Å²) < 4.78 is 59.4. The third-order valence-corrected chi connectivity index (χ3v) is 7.75. The highest BCUT2D eigenvalue weighted by Gasteiger charge is 2.38. The number of benzene rings is 2. The number of likely N-dealkylation sites (tertiary alicyclic amines) is 1. The minimum atomic E-state index is -5.08. The number of carboxylic acids is 2. The third-order valence-electron chi connectivity index (χ3n) is 6.35. The number of piperidine rings is 1. The molecule has 0 saturated carbocycles. The molecule has 2 aliphatic rings. The summed E-state index contributed by atoms with van der Waals surface area (Å²) in [7, 11) is -3.78. The molecular weight excluding hydrogens is 527 g/mol. The van der Waals surface area contributed by atoms with E-state index in [1.807, 2.05) is 0 Å². The smallest absolute Gasteiger partial charge is 0.478 e. The summed E-state index contributed by atoms with van der Waals surface area (Å²) in [6, 6.07) is 12.8. The maximum Gasteiger partial charge on any atom is 0.490 e. The van der Waals surface area contributed by atoms with Crippen LogP contribution in [0.25, 0.3) is 0 Å². The van der Waals surface area contributed by atoms with Crippen LogP contribution in [-0.2, 0) is 14.8 Å². The van der Waals surface area contributed by atoms with Crippen LogP contribution in [0.5, 0.6) is 0 Å². The number of hydrogen-bond donors (Lipinski definition) is 3. The second-order valence-corrected chi connectivity index (χ2v) is 10.9. The molecule has 0 amide bonds. The average molecular weight is 558 g/mol. The summed E-state index contributed by atoms with van der Waals surface area (Å²) in [5.41, 5.74) is 1.02. The van der Waals surface area contributed by atoms with E-state index >= 15 is 0 Å². The lowest BCUT2D eigenvalue weighted by Crippen LogP contribution is -2.41. The van der Waals surface area contributed by atoms with Crippen LogP contribution < -0.4 is 9.62 Å². The van der Waals surface area contributed by atoms with E-state index in [1.54, 1.807) is 30.3 Å². The van der Waals surface area contributed by atoms with Gasteiger partial charge in [0, 0.05) is 25.3 Å². The van der Waals surface area contributed by atoms with Gasteiger partial charge in [-0.2, -0.15) is 13.2 Å². The van der Waals surface area contributed by atoms with Crippen molar-refractivity contribution in [3.8, 4) is 0 Å². The van der Waals surface area contributed by atoms with Gasteiger partial charge in [-0.25, -0.2) is 18.0 Å². The van der Waals surface area contributed by atoms with E-state index in [1.165, 1.54) is 31.0 Å². The second-order valence-electron chi connectivity index (χ2n) is 9.22. The summed E-state index contributed by atoms with van der Waals surface area (Å²) in [6.07, 6.45) is -0.371. The standard InChI is InChI=1S/C23H29N3O4S.C2HF3O2/c27-23(28)21-15-19(24-31(29,30)20-8-2-1-3-9-20)10-11-22(21)26-14-6-7-18(17-26)16-25-12-4-5-13-25;3-2(4,5)1(6)7/h1-3,8-11,15,18,24H,4-7,12-14,16-17H2,(H,27,28);(H,6,7). The normalized spacial score (nSPS) is 18.4. The molecular formula is C25H30F3N3O6S. The number of halogens is 3. The minimum Gasteiger partial charge on any atom is -0.478 e.